The maximum absolute atomic E-state index is 12.8. The Kier molecular flexibility index (Phi) is 4.82. The van der Waals surface area contributed by atoms with Gasteiger partial charge in [-0.15, -0.1) is 0 Å². The number of benzene rings is 1. The maximum Gasteiger partial charge on any atom is 0.255 e. The highest BCUT2D eigenvalue weighted by Gasteiger charge is 2.39. The van der Waals surface area contributed by atoms with Crippen LogP contribution >= 0.6 is 0 Å². The number of nitrogens with two attached hydrogens (primary N) is 1. The molecule has 0 saturated carbocycles. The molecule has 5 rings (SSSR count). The summed E-state index contributed by atoms with van der Waals surface area (Å²) in [6.45, 7) is 2.64. The molecule has 3 aliphatic rings. The van der Waals surface area contributed by atoms with E-state index in [1.54, 1.807) is 11.1 Å². The van der Waals surface area contributed by atoms with Gasteiger partial charge in [-0.05, 0) is 35.7 Å². The third-order valence-corrected chi connectivity index (χ3v) is 6.07. The minimum Gasteiger partial charge on any atom is -0.380 e. The molecular formula is C22H24N6O3. The Morgan fingerprint density at radius 1 is 1.16 bits per heavy atom. The molecular weight excluding hydrogens is 396 g/mol. The molecule has 0 aliphatic carbocycles. The van der Waals surface area contributed by atoms with Crippen LogP contribution in [0.2, 0.25) is 0 Å². The molecule has 3 aliphatic heterocycles. The number of amides is 3. The van der Waals surface area contributed by atoms with E-state index in [4.69, 9.17) is 5.73 Å². The first-order chi connectivity index (χ1) is 15.0. The summed E-state index contributed by atoms with van der Waals surface area (Å²) >= 11 is 0. The van der Waals surface area contributed by atoms with E-state index in [1.165, 1.54) is 0 Å². The van der Waals surface area contributed by atoms with Crippen LogP contribution < -0.4 is 21.3 Å². The van der Waals surface area contributed by atoms with Crippen molar-refractivity contribution >= 4 is 29.2 Å². The van der Waals surface area contributed by atoms with Crippen LogP contribution in [0.15, 0.2) is 36.5 Å². The van der Waals surface area contributed by atoms with Crippen molar-refractivity contribution in [3.05, 3.63) is 53.2 Å². The first-order valence-corrected chi connectivity index (χ1v) is 10.4. The van der Waals surface area contributed by atoms with Crippen molar-refractivity contribution in [3.63, 3.8) is 0 Å². The Hall–Kier alpha value is -3.46. The topological polar surface area (TPSA) is 121 Å². The molecule has 0 spiro atoms. The van der Waals surface area contributed by atoms with Crippen LogP contribution in [0.4, 0.5) is 11.5 Å². The van der Waals surface area contributed by atoms with Crippen molar-refractivity contribution in [2.24, 2.45) is 5.73 Å². The Morgan fingerprint density at radius 2 is 2.00 bits per heavy atom. The van der Waals surface area contributed by atoms with Gasteiger partial charge in [-0.1, -0.05) is 12.1 Å². The second-order valence-corrected chi connectivity index (χ2v) is 8.32. The number of anilines is 2. The van der Waals surface area contributed by atoms with E-state index < -0.39 is 11.9 Å². The van der Waals surface area contributed by atoms with Gasteiger partial charge >= 0.3 is 0 Å². The number of carbonyl (C=O) groups is 3. The van der Waals surface area contributed by atoms with E-state index in [2.05, 4.69) is 20.5 Å². The molecule has 2 fully saturated rings. The number of pyridine rings is 1. The highest BCUT2D eigenvalue weighted by Crippen LogP contribution is 2.28. The van der Waals surface area contributed by atoms with E-state index in [-0.39, 0.29) is 24.3 Å². The summed E-state index contributed by atoms with van der Waals surface area (Å²) in [5.41, 5.74) is 9.29. The van der Waals surface area contributed by atoms with Crippen LogP contribution in [0.1, 0.15) is 34.3 Å². The molecule has 9 heteroatoms. The number of rotatable bonds is 5. The van der Waals surface area contributed by atoms with Gasteiger partial charge < -0.3 is 20.9 Å². The molecule has 4 N–H and O–H groups in total. The number of imide groups is 1. The predicted octanol–water partition coefficient (Wildman–Crippen LogP) is 0.602. The average molecular weight is 420 g/mol. The van der Waals surface area contributed by atoms with Crippen LogP contribution in [0, 0.1) is 0 Å². The largest absolute Gasteiger partial charge is 0.380 e. The molecule has 160 valence electrons. The van der Waals surface area contributed by atoms with Crippen LogP contribution in [0.3, 0.4) is 0 Å². The third kappa shape index (κ3) is 3.72. The zero-order valence-electron chi connectivity index (χ0n) is 17.0. The van der Waals surface area contributed by atoms with E-state index in [0.29, 0.717) is 25.1 Å². The van der Waals surface area contributed by atoms with Crippen molar-refractivity contribution in [2.75, 3.05) is 23.3 Å². The fraction of sp³-hybridized carbons (Fsp3) is 0.364. The van der Waals surface area contributed by atoms with E-state index >= 15 is 0 Å². The Morgan fingerprint density at radius 3 is 2.71 bits per heavy atom. The van der Waals surface area contributed by atoms with Gasteiger partial charge in [0.15, 0.2) is 0 Å². The lowest BCUT2D eigenvalue weighted by Crippen LogP contribution is -2.56. The number of nitrogens with one attached hydrogen (secondary N) is 2. The SMILES string of the molecule is NC1CN(c2ccc(NCc3ccc4c(c3)CN(C3CCC(=O)NC3=O)C4=O)cn2)C1. The monoisotopic (exact) mass is 420 g/mol. The van der Waals surface area contributed by atoms with Crippen molar-refractivity contribution in [2.45, 2.75) is 38.0 Å². The summed E-state index contributed by atoms with van der Waals surface area (Å²) in [4.78, 5) is 44.5. The van der Waals surface area contributed by atoms with Gasteiger partial charge in [-0.3, -0.25) is 19.7 Å². The summed E-state index contributed by atoms with van der Waals surface area (Å²) in [7, 11) is 0. The Labute approximate surface area is 179 Å². The highest BCUT2D eigenvalue weighted by molar-refractivity contribution is 6.05. The molecule has 2 aromatic rings. The number of aromatic nitrogens is 1. The number of hydrogen-bond donors (Lipinski definition) is 3. The number of carbonyl (C=O) groups excluding carboxylic acids is 3. The Balaban J connectivity index is 1.22. The van der Waals surface area contributed by atoms with Gasteiger partial charge in [0.2, 0.25) is 11.8 Å². The first-order valence-electron chi connectivity index (χ1n) is 10.4. The minimum atomic E-state index is -0.593. The van der Waals surface area contributed by atoms with E-state index in [1.807, 2.05) is 30.3 Å². The maximum atomic E-state index is 12.8. The van der Waals surface area contributed by atoms with Gasteiger partial charge in [0.25, 0.3) is 5.91 Å². The lowest BCUT2D eigenvalue weighted by Gasteiger charge is -2.37. The van der Waals surface area contributed by atoms with Crippen LogP contribution in [-0.2, 0) is 22.7 Å². The second-order valence-electron chi connectivity index (χ2n) is 8.32. The number of piperidine rings is 1. The lowest BCUT2D eigenvalue weighted by atomic mass is 10.0. The summed E-state index contributed by atoms with van der Waals surface area (Å²) < 4.78 is 0. The molecule has 4 heterocycles. The molecule has 1 atom stereocenters. The van der Waals surface area contributed by atoms with Crippen LogP contribution in [0.25, 0.3) is 0 Å². The molecule has 0 radical (unpaired) electrons. The van der Waals surface area contributed by atoms with Crippen LogP contribution in [-0.4, -0.2) is 52.8 Å². The molecule has 1 aromatic carbocycles. The first kappa shape index (κ1) is 19.5. The molecule has 1 aromatic heterocycles. The lowest BCUT2D eigenvalue weighted by molar-refractivity contribution is -0.136. The van der Waals surface area contributed by atoms with E-state index in [9.17, 15) is 14.4 Å². The van der Waals surface area contributed by atoms with Crippen molar-refractivity contribution in [1.82, 2.24) is 15.2 Å². The van der Waals surface area contributed by atoms with Gasteiger partial charge in [-0.2, -0.15) is 0 Å². The van der Waals surface area contributed by atoms with Crippen molar-refractivity contribution < 1.29 is 14.4 Å². The normalized spacial score (nSPS) is 21.1. The fourth-order valence-corrected chi connectivity index (χ4v) is 4.32. The summed E-state index contributed by atoms with van der Waals surface area (Å²) in [5, 5.41) is 5.68. The minimum absolute atomic E-state index is 0.158. The number of fused-ring (bicyclic) bond motifs is 1. The fourth-order valence-electron chi connectivity index (χ4n) is 4.32. The predicted molar refractivity (Wildman–Crippen MR) is 114 cm³/mol. The summed E-state index contributed by atoms with van der Waals surface area (Å²) in [6.07, 6.45) is 2.43. The standard InChI is InChI=1S/C22H24N6O3/c23-15-11-27(12-15)19-5-2-16(9-25-19)24-8-13-1-3-17-14(7-13)10-28(22(17)31)18-4-6-20(29)26-21(18)30/h1-3,5,7,9,15,18,24H,4,6,8,10-12,23H2,(H,26,29,30). The van der Waals surface area contributed by atoms with Crippen molar-refractivity contribution in [1.29, 1.82) is 0 Å². The molecule has 3 amide bonds. The molecule has 31 heavy (non-hydrogen) atoms. The number of hydrogen-bond acceptors (Lipinski definition) is 7. The number of nitrogens with zero attached hydrogens (tertiary/aromatic N) is 3. The van der Waals surface area contributed by atoms with Crippen molar-refractivity contribution in [3.8, 4) is 0 Å². The third-order valence-electron chi connectivity index (χ3n) is 6.07. The highest BCUT2D eigenvalue weighted by atomic mass is 16.2. The molecule has 2 saturated heterocycles. The van der Waals surface area contributed by atoms with Gasteiger partial charge in [0.1, 0.15) is 11.9 Å². The second kappa shape index (κ2) is 7.66. The van der Waals surface area contributed by atoms with Crippen LogP contribution in [0.5, 0.6) is 0 Å². The smallest absolute Gasteiger partial charge is 0.255 e. The molecule has 1 unspecified atom stereocenters. The summed E-state index contributed by atoms with van der Waals surface area (Å²) in [6, 6.07) is 9.34. The Bertz CT molecular complexity index is 1050. The van der Waals surface area contributed by atoms with E-state index in [0.717, 1.165) is 35.7 Å². The van der Waals surface area contributed by atoms with Gasteiger partial charge in [-0.25, -0.2) is 4.98 Å². The van der Waals surface area contributed by atoms with Gasteiger partial charge in [0.05, 0.1) is 11.9 Å². The van der Waals surface area contributed by atoms with Gasteiger partial charge in [0, 0.05) is 44.2 Å². The average Bonchev–Trinajstić information content (AvgIpc) is 3.06. The quantitative estimate of drug-likeness (QED) is 0.606. The molecule has 0 bridgehead atoms. The molecule has 9 nitrogen and oxygen atoms in total. The summed E-state index contributed by atoms with van der Waals surface area (Å²) in [5.74, 6) is 0.0940. The zero-order chi connectivity index (χ0) is 21.5. The zero-order valence-corrected chi connectivity index (χ0v) is 17.0.